The summed E-state index contributed by atoms with van der Waals surface area (Å²) in [5, 5.41) is 0. The maximum atomic E-state index is 4.02. The molecule has 0 bridgehead atoms. The molecule has 1 saturated carbocycles. The minimum Gasteiger partial charge on any atom is -0.0998 e. The molecule has 3 rings (SSSR count). The summed E-state index contributed by atoms with van der Waals surface area (Å²) in [6, 6.07) is 10.8. The maximum absolute atomic E-state index is 4.02. The summed E-state index contributed by atoms with van der Waals surface area (Å²) in [5.41, 5.74) is 5.63. The Labute approximate surface area is 117 Å². The molecule has 2 atom stereocenters. The molecule has 0 aliphatic heterocycles. The Bertz CT molecular complexity index is 502. The highest BCUT2D eigenvalue weighted by Gasteiger charge is 2.40. The molecule has 0 amide bonds. The summed E-state index contributed by atoms with van der Waals surface area (Å²) in [7, 11) is 0. The average Bonchev–Trinajstić information content (AvgIpc) is 3.19. The normalized spacial score (nSPS) is 23.3. The van der Waals surface area contributed by atoms with Gasteiger partial charge in [0.15, 0.2) is 0 Å². The molecule has 0 N–H and O–H groups in total. The van der Waals surface area contributed by atoms with Crippen molar-refractivity contribution in [2.75, 3.05) is 0 Å². The molecule has 1 fully saturated rings. The van der Waals surface area contributed by atoms with E-state index >= 15 is 0 Å². The van der Waals surface area contributed by atoms with Crippen LogP contribution in [0, 0.1) is 11.8 Å². The number of allylic oxidation sites excluding steroid dienone is 5. The van der Waals surface area contributed by atoms with Crippen molar-refractivity contribution >= 4 is 5.57 Å². The van der Waals surface area contributed by atoms with Gasteiger partial charge in [0.25, 0.3) is 0 Å². The molecule has 19 heavy (non-hydrogen) atoms. The van der Waals surface area contributed by atoms with E-state index in [9.17, 15) is 0 Å². The fourth-order valence-corrected chi connectivity index (χ4v) is 2.77. The van der Waals surface area contributed by atoms with Crippen molar-refractivity contribution < 1.29 is 0 Å². The Morgan fingerprint density at radius 1 is 1.21 bits per heavy atom. The predicted octanol–water partition coefficient (Wildman–Crippen LogP) is 5.64. The van der Waals surface area contributed by atoms with Gasteiger partial charge in [0.2, 0.25) is 0 Å². The van der Waals surface area contributed by atoms with Gasteiger partial charge in [0.05, 0.1) is 0 Å². The maximum Gasteiger partial charge on any atom is -0.00755 e. The predicted molar refractivity (Wildman–Crippen MR) is 84.9 cm³/mol. The third kappa shape index (κ3) is 3.26. The van der Waals surface area contributed by atoms with E-state index in [0.717, 1.165) is 18.3 Å². The van der Waals surface area contributed by atoms with Crippen LogP contribution in [-0.2, 0) is 0 Å². The van der Waals surface area contributed by atoms with E-state index in [-0.39, 0.29) is 0 Å². The first kappa shape index (κ1) is 13.9. The van der Waals surface area contributed by atoms with E-state index in [1.54, 1.807) is 0 Å². The van der Waals surface area contributed by atoms with Crippen molar-refractivity contribution in [3.63, 3.8) is 0 Å². The first-order valence-corrected chi connectivity index (χ1v) is 7.36. The lowest BCUT2D eigenvalue weighted by atomic mass is 9.91. The highest BCUT2D eigenvalue weighted by atomic mass is 14.4. The third-order valence-electron chi connectivity index (χ3n) is 3.62. The SMILES string of the molecule is C=C(C)CC1=CC2CC2C(c2ccccc2)=C1.CC. The smallest absolute Gasteiger partial charge is 0.00755 e. The standard InChI is InChI=1S/C17H18.C2H6/c1-12(2)8-13-9-15-11-17(15)16(10-13)14-6-4-3-5-7-14;1-2/h3-7,9-10,15,17H,1,8,11H2,2H3;1-2H3. The largest absolute Gasteiger partial charge is 0.0998 e. The molecular weight excluding hydrogens is 228 g/mol. The Morgan fingerprint density at radius 2 is 1.89 bits per heavy atom. The van der Waals surface area contributed by atoms with Gasteiger partial charge in [-0.05, 0) is 48.3 Å². The molecular formula is C19H24. The van der Waals surface area contributed by atoms with Crippen LogP contribution in [0.25, 0.3) is 5.57 Å². The quantitative estimate of drug-likeness (QED) is 0.611. The first-order chi connectivity index (χ1) is 9.24. The summed E-state index contributed by atoms with van der Waals surface area (Å²) < 4.78 is 0. The van der Waals surface area contributed by atoms with Gasteiger partial charge in [-0.1, -0.05) is 68.5 Å². The minimum atomic E-state index is 0.784. The monoisotopic (exact) mass is 252 g/mol. The lowest BCUT2D eigenvalue weighted by molar-refractivity contribution is 0.962. The zero-order valence-electron chi connectivity index (χ0n) is 12.3. The highest BCUT2D eigenvalue weighted by Crippen LogP contribution is 2.52. The van der Waals surface area contributed by atoms with Gasteiger partial charge in [0, 0.05) is 0 Å². The van der Waals surface area contributed by atoms with Crippen LogP contribution >= 0.6 is 0 Å². The van der Waals surface area contributed by atoms with Crippen molar-refractivity contribution in [3.8, 4) is 0 Å². The van der Waals surface area contributed by atoms with Crippen molar-refractivity contribution in [2.24, 2.45) is 11.8 Å². The molecule has 100 valence electrons. The van der Waals surface area contributed by atoms with Crippen LogP contribution in [-0.4, -0.2) is 0 Å². The van der Waals surface area contributed by atoms with E-state index in [2.05, 4.69) is 56.0 Å². The molecule has 0 saturated heterocycles. The number of fused-ring (bicyclic) bond motifs is 1. The van der Waals surface area contributed by atoms with Crippen molar-refractivity contribution in [1.29, 1.82) is 0 Å². The van der Waals surface area contributed by atoms with Crippen LogP contribution in [0.3, 0.4) is 0 Å². The average molecular weight is 252 g/mol. The van der Waals surface area contributed by atoms with E-state index in [4.69, 9.17) is 0 Å². The molecule has 0 nitrogen and oxygen atoms in total. The second kappa shape index (κ2) is 6.06. The topological polar surface area (TPSA) is 0 Å². The molecule has 2 unspecified atom stereocenters. The molecule has 1 aromatic carbocycles. The van der Waals surface area contributed by atoms with Gasteiger partial charge in [0.1, 0.15) is 0 Å². The molecule has 0 aromatic heterocycles. The number of rotatable bonds is 3. The molecule has 0 heteroatoms. The van der Waals surface area contributed by atoms with Crippen LogP contribution in [0.1, 0.15) is 39.2 Å². The van der Waals surface area contributed by atoms with Crippen molar-refractivity contribution in [3.05, 3.63) is 65.8 Å². The highest BCUT2D eigenvalue weighted by molar-refractivity contribution is 5.74. The Kier molecular flexibility index (Phi) is 4.42. The Balaban J connectivity index is 0.000000637. The summed E-state index contributed by atoms with van der Waals surface area (Å²) in [6.07, 6.45) is 7.20. The minimum absolute atomic E-state index is 0.784. The second-order valence-electron chi connectivity index (χ2n) is 5.35. The van der Waals surface area contributed by atoms with Crippen molar-refractivity contribution in [2.45, 2.75) is 33.6 Å². The fourth-order valence-electron chi connectivity index (χ4n) is 2.77. The van der Waals surface area contributed by atoms with Crippen LogP contribution in [0.2, 0.25) is 0 Å². The molecule has 1 aromatic rings. The molecule has 2 aliphatic carbocycles. The molecule has 0 radical (unpaired) electrons. The van der Waals surface area contributed by atoms with E-state index in [1.807, 2.05) is 13.8 Å². The van der Waals surface area contributed by atoms with Gasteiger partial charge in [-0.3, -0.25) is 0 Å². The van der Waals surface area contributed by atoms with Gasteiger partial charge in [-0.2, -0.15) is 0 Å². The zero-order valence-corrected chi connectivity index (χ0v) is 12.3. The molecule has 0 spiro atoms. The first-order valence-electron chi connectivity index (χ1n) is 7.36. The number of hydrogen-bond acceptors (Lipinski definition) is 0. The van der Waals surface area contributed by atoms with Gasteiger partial charge < -0.3 is 0 Å². The second-order valence-corrected chi connectivity index (χ2v) is 5.35. The lowest BCUT2D eigenvalue weighted by Gasteiger charge is -2.14. The van der Waals surface area contributed by atoms with Gasteiger partial charge in [-0.25, -0.2) is 0 Å². The van der Waals surface area contributed by atoms with Crippen molar-refractivity contribution in [1.82, 2.24) is 0 Å². The summed E-state index contributed by atoms with van der Waals surface area (Å²) >= 11 is 0. The Morgan fingerprint density at radius 3 is 2.53 bits per heavy atom. The zero-order chi connectivity index (χ0) is 13.8. The Hall–Kier alpha value is -1.56. The number of hydrogen-bond donors (Lipinski definition) is 0. The third-order valence-corrected chi connectivity index (χ3v) is 3.62. The van der Waals surface area contributed by atoms with Gasteiger partial charge in [-0.15, -0.1) is 0 Å². The fraction of sp³-hybridized carbons (Fsp3) is 0.368. The van der Waals surface area contributed by atoms with Crippen LogP contribution in [0.15, 0.2) is 60.2 Å². The molecule has 0 heterocycles. The summed E-state index contributed by atoms with van der Waals surface area (Å²) in [5.74, 6) is 1.58. The van der Waals surface area contributed by atoms with E-state index in [1.165, 1.54) is 28.7 Å². The molecule has 2 aliphatic rings. The van der Waals surface area contributed by atoms with Gasteiger partial charge >= 0.3 is 0 Å². The lowest BCUT2D eigenvalue weighted by Crippen LogP contribution is -1.96. The van der Waals surface area contributed by atoms with E-state index in [0.29, 0.717) is 0 Å². The van der Waals surface area contributed by atoms with Crippen LogP contribution < -0.4 is 0 Å². The summed E-state index contributed by atoms with van der Waals surface area (Å²) in [4.78, 5) is 0. The summed E-state index contributed by atoms with van der Waals surface area (Å²) in [6.45, 7) is 10.1. The number of benzene rings is 1. The van der Waals surface area contributed by atoms with E-state index < -0.39 is 0 Å². The van der Waals surface area contributed by atoms with Crippen LogP contribution in [0.4, 0.5) is 0 Å². The van der Waals surface area contributed by atoms with Crippen LogP contribution in [0.5, 0.6) is 0 Å².